The number of benzene rings is 1. The number of aromatic nitrogens is 1. The Bertz CT molecular complexity index is 626. The molecule has 0 radical (unpaired) electrons. The fourth-order valence-electron chi connectivity index (χ4n) is 2.30. The van der Waals surface area contributed by atoms with Crippen molar-refractivity contribution >= 4 is 17.3 Å². The van der Waals surface area contributed by atoms with Gasteiger partial charge in [0.1, 0.15) is 5.82 Å². The highest BCUT2D eigenvalue weighted by Gasteiger charge is 2.30. The Kier molecular flexibility index (Phi) is 4.63. The second-order valence-electron chi connectivity index (χ2n) is 5.47. The van der Waals surface area contributed by atoms with E-state index in [4.69, 9.17) is 12.2 Å². The Labute approximate surface area is 135 Å². The molecule has 0 bridgehead atoms. The van der Waals surface area contributed by atoms with Crippen molar-refractivity contribution in [1.82, 2.24) is 15.2 Å². The minimum Gasteiger partial charge on any atom is -0.358 e. The maximum absolute atomic E-state index is 12.9. The molecule has 1 aromatic heterocycles. The molecule has 3 nitrogen and oxygen atoms in total. The van der Waals surface area contributed by atoms with Crippen LogP contribution >= 0.6 is 12.2 Å². The molecule has 3 rings (SSSR count). The molecule has 1 aromatic carbocycles. The largest absolute Gasteiger partial charge is 0.358 e. The van der Waals surface area contributed by atoms with Crippen molar-refractivity contribution in [2.24, 2.45) is 0 Å². The molecule has 1 aliphatic rings. The van der Waals surface area contributed by atoms with Crippen molar-refractivity contribution < 1.29 is 4.39 Å². The minimum atomic E-state index is -0.221. The number of thiocarbonyl (C=S) groups is 1. The van der Waals surface area contributed by atoms with Gasteiger partial charge in [0.15, 0.2) is 5.11 Å². The van der Waals surface area contributed by atoms with Crippen LogP contribution in [0.1, 0.15) is 24.1 Å². The topological polar surface area (TPSA) is 28.2 Å². The van der Waals surface area contributed by atoms with Gasteiger partial charge in [0.05, 0.1) is 12.2 Å². The second kappa shape index (κ2) is 6.83. The van der Waals surface area contributed by atoms with Gasteiger partial charge in [0.25, 0.3) is 0 Å². The summed E-state index contributed by atoms with van der Waals surface area (Å²) in [4.78, 5) is 6.56. The molecule has 2 aromatic rings. The number of hydrogen-bond donors (Lipinski definition) is 1. The highest BCUT2D eigenvalue weighted by molar-refractivity contribution is 7.80. The number of nitrogens with zero attached hydrogens (tertiary/aromatic N) is 2. The van der Waals surface area contributed by atoms with Crippen LogP contribution in [0.15, 0.2) is 48.7 Å². The zero-order chi connectivity index (χ0) is 15.4. The zero-order valence-corrected chi connectivity index (χ0v) is 13.0. The summed E-state index contributed by atoms with van der Waals surface area (Å²) < 4.78 is 12.9. The molecule has 0 amide bonds. The van der Waals surface area contributed by atoms with Gasteiger partial charge in [-0.25, -0.2) is 4.39 Å². The van der Waals surface area contributed by atoms with Gasteiger partial charge in [-0.3, -0.25) is 4.98 Å². The second-order valence-corrected chi connectivity index (χ2v) is 5.85. The van der Waals surface area contributed by atoms with Crippen LogP contribution in [-0.2, 0) is 13.1 Å². The summed E-state index contributed by atoms with van der Waals surface area (Å²) >= 11 is 5.53. The Morgan fingerprint density at radius 2 is 2.00 bits per heavy atom. The molecular weight excluding hydrogens is 297 g/mol. The lowest BCUT2D eigenvalue weighted by Crippen LogP contribution is -2.40. The maximum Gasteiger partial charge on any atom is 0.169 e. The Morgan fingerprint density at radius 1 is 1.23 bits per heavy atom. The molecule has 1 N–H and O–H groups in total. The van der Waals surface area contributed by atoms with Crippen LogP contribution in [0, 0.1) is 5.82 Å². The van der Waals surface area contributed by atoms with E-state index in [0.717, 1.165) is 22.9 Å². The van der Waals surface area contributed by atoms with Crippen LogP contribution in [0.5, 0.6) is 0 Å². The number of rotatable bonds is 5. The van der Waals surface area contributed by atoms with Gasteiger partial charge in [0.2, 0.25) is 0 Å². The lowest BCUT2D eigenvalue weighted by molar-refractivity contribution is 0.390. The summed E-state index contributed by atoms with van der Waals surface area (Å²) in [7, 11) is 0. The van der Waals surface area contributed by atoms with E-state index >= 15 is 0 Å². The summed E-state index contributed by atoms with van der Waals surface area (Å²) in [5.74, 6) is -0.221. The Balaban J connectivity index is 1.59. The first-order chi connectivity index (χ1) is 10.7. The third kappa shape index (κ3) is 4.01. The van der Waals surface area contributed by atoms with Crippen molar-refractivity contribution in [3.8, 4) is 0 Å². The van der Waals surface area contributed by atoms with Gasteiger partial charge in [-0.1, -0.05) is 18.2 Å². The highest BCUT2D eigenvalue weighted by atomic mass is 32.1. The molecule has 5 heteroatoms. The fraction of sp³-hybridized carbons (Fsp3) is 0.294. The molecule has 22 heavy (non-hydrogen) atoms. The summed E-state index contributed by atoms with van der Waals surface area (Å²) in [5, 5.41) is 4.00. The molecule has 1 saturated carbocycles. The van der Waals surface area contributed by atoms with E-state index in [-0.39, 0.29) is 5.82 Å². The van der Waals surface area contributed by atoms with Gasteiger partial charge in [-0.05, 0) is 54.9 Å². The minimum absolute atomic E-state index is 0.221. The van der Waals surface area contributed by atoms with Gasteiger partial charge >= 0.3 is 0 Å². The van der Waals surface area contributed by atoms with Crippen LogP contribution in [0.4, 0.5) is 4.39 Å². The number of hydrogen-bond acceptors (Lipinski definition) is 2. The van der Waals surface area contributed by atoms with Gasteiger partial charge in [0, 0.05) is 18.8 Å². The molecule has 1 heterocycles. The average molecular weight is 315 g/mol. The smallest absolute Gasteiger partial charge is 0.169 e. The predicted octanol–water partition coefficient (Wildman–Crippen LogP) is 3.26. The first kappa shape index (κ1) is 14.9. The van der Waals surface area contributed by atoms with E-state index in [9.17, 15) is 4.39 Å². The van der Waals surface area contributed by atoms with Crippen molar-refractivity contribution in [3.05, 3.63) is 65.7 Å². The SMILES string of the molecule is Fc1ccc(CNC(=S)N(Cc2ccccn2)C2CC2)cc1. The van der Waals surface area contributed by atoms with Crippen molar-refractivity contribution in [2.45, 2.75) is 32.0 Å². The van der Waals surface area contributed by atoms with Crippen LogP contribution in [0.3, 0.4) is 0 Å². The van der Waals surface area contributed by atoms with E-state index in [1.807, 2.05) is 18.2 Å². The lowest BCUT2D eigenvalue weighted by atomic mass is 10.2. The monoisotopic (exact) mass is 315 g/mol. The average Bonchev–Trinajstić information content (AvgIpc) is 3.37. The van der Waals surface area contributed by atoms with Crippen LogP contribution < -0.4 is 5.32 Å². The number of halogens is 1. The third-order valence-electron chi connectivity index (χ3n) is 3.66. The third-order valence-corrected chi connectivity index (χ3v) is 4.04. The van der Waals surface area contributed by atoms with Gasteiger partial charge < -0.3 is 10.2 Å². The molecule has 0 aliphatic heterocycles. The molecular formula is C17H18FN3S. The summed E-state index contributed by atoms with van der Waals surface area (Å²) in [5.41, 5.74) is 2.03. The first-order valence-electron chi connectivity index (χ1n) is 7.41. The van der Waals surface area contributed by atoms with Crippen molar-refractivity contribution in [3.63, 3.8) is 0 Å². The van der Waals surface area contributed by atoms with Gasteiger partial charge in [-0.15, -0.1) is 0 Å². The summed E-state index contributed by atoms with van der Waals surface area (Å²) in [6, 6.07) is 12.9. The van der Waals surface area contributed by atoms with E-state index in [0.29, 0.717) is 12.6 Å². The standard InChI is InChI=1S/C17H18FN3S/c18-14-6-4-13(5-7-14)11-20-17(22)21(16-8-9-16)12-15-3-1-2-10-19-15/h1-7,10,16H,8-9,11-12H2,(H,20,22). The van der Waals surface area contributed by atoms with Crippen LogP contribution in [0.25, 0.3) is 0 Å². The normalized spacial score (nSPS) is 13.7. The lowest BCUT2D eigenvalue weighted by Gasteiger charge is -2.25. The molecule has 0 unspecified atom stereocenters. The molecule has 0 saturated heterocycles. The van der Waals surface area contributed by atoms with E-state index in [2.05, 4.69) is 15.2 Å². The van der Waals surface area contributed by atoms with Crippen LogP contribution in [-0.4, -0.2) is 21.0 Å². The Hall–Kier alpha value is -2.01. The molecule has 0 spiro atoms. The van der Waals surface area contributed by atoms with Crippen molar-refractivity contribution in [2.75, 3.05) is 0 Å². The first-order valence-corrected chi connectivity index (χ1v) is 7.82. The highest BCUT2D eigenvalue weighted by Crippen LogP contribution is 2.28. The summed E-state index contributed by atoms with van der Waals surface area (Å²) in [6.45, 7) is 1.32. The summed E-state index contributed by atoms with van der Waals surface area (Å²) in [6.07, 6.45) is 4.14. The molecule has 0 atom stereocenters. The number of pyridine rings is 1. The predicted molar refractivity (Wildman–Crippen MR) is 88.6 cm³/mol. The van der Waals surface area contributed by atoms with Gasteiger partial charge in [-0.2, -0.15) is 0 Å². The Morgan fingerprint density at radius 3 is 2.64 bits per heavy atom. The van der Waals surface area contributed by atoms with E-state index in [1.165, 1.54) is 25.0 Å². The molecule has 114 valence electrons. The quantitative estimate of drug-likeness (QED) is 0.857. The van der Waals surface area contributed by atoms with E-state index in [1.54, 1.807) is 18.3 Å². The number of nitrogens with one attached hydrogen (secondary N) is 1. The van der Waals surface area contributed by atoms with Crippen LogP contribution in [0.2, 0.25) is 0 Å². The molecule has 1 fully saturated rings. The van der Waals surface area contributed by atoms with Crippen molar-refractivity contribution in [1.29, 1.82) is 0 Å². The van der Waals surface area contributed by atoms with E-state index < -0.39 is 0 Å². The maximum atomic E-state index is 12.9. The molecule has 1 aliphatic carbocycles. The fourth-order valence-corrected chi connectivity index (χ4v) is 2.59. The zero-order valence-electron chi connectivity index (χ0n) is 12.2.